The average molecular weight is 373 g/mol. The third-order valence-electron chi connectivity index (χ3n) is 4.01. The SMILES string of the molecule is CC(C)(C)OC(=O)N1CCN(Cc2ccccc2C#C[Si](C)(C)C)CC1. The van der Waals surface area contributed by atoms with Gasteiger partial charge in [-0.05, 0) is 32.4 Å². The van der Waals surface area contributed by atoms with Crippen LogP contribution in [0.25, 0.3) is 0 Å². The van der Waals surface area contributed by atoms with Crippen LogP contribution in [0.3, 0.4) is 0 Å². The van der Waals surface area contributed by atoms with Gasteiger partial charge in [0.05, 0.1) is 0 Å². The normalized spacial score (nSPS) is 16.0. The summed E-state index contributed by atoms with van der Waals surface area (Å²) >= 11 is 0. The van der Waals surface area contributed by atoms with E-state index < -0.39 is 13.7 Å². The highest BCUT2D eigenvalue weighted by Gasteiger charge is 2.26. The van der Waals surface area contributed by atoms with Crippen molar-refractivity contribution in [2.75, 3.05) is 26.2 Å². The van der Waals surface area contributed by atoms with Crippen LogP contribution >= 0.6 is 0 Å². The number of nitrogens with zero attached hydrogens (tertiary/aromatic N) is 2. The lowest BCUT2D eigenvalue weighted by atomic mass is 10.1. The molecule has 4 nitrogen and oxygen atoms in total. The standard InChI is InChI=1S/C21H32N2O2Si/c1-21(2,3)25-20(24)23-14-12-22(13-15-23)17-19-10-8-7-9-18(19)11-16-26(4,5)6/h7-10H,12-15,17H2,1-6H3. The van der Waals surface area contributed by atoms with Gasteiger partial charge in [-0.1, -0.05) is 43.8 Å². The zero-order valence-corrected chi connectivity index (χ0v) is 18.1. The molecule has 1 fully saturated rings. The molecule has 26 heavy (non-hydrogen) atoms. The summed E-state index contributed by atoms with van der Waals surface area (Å²) in [5, 5.41) is 0. The predicted molar refractivity (Wildman–Crippen MR) is 110 cm³/mol. The van der Waals surface area contributed by atoms with E-state index in [2.05, 4.69) is 60.3 Å². The quantitative estimate of drug-likeness (QED) is 0.582. The predicted octanol–water partition coefficient (Wildman–Crippen LogP) is 3.97. The van der Waals surface area contributed by atoms with Crippen molar-refractivity contribution in [2.45, 2.75) is 52.6 Å². The van der Waals surface area contributed by atoms with Crippen molar-refractivity contribution in [2.24, 2.45) is 0 Å². The lowest BCUT2D eigenvalue weighted by molar-refractivity contribution is 0.0139. The van der Waals surface area contributed by atoms with Gasteiger partial charge in [0, 0.05) is 38.3 Å². The summed E-state index contributed by atoms with van der Waals surface area (Å²) in [6.45, 7) is 16.5. The molecule has 5 heteroatoms. The molecule has 0 bridgehead atoms. The number of carbonyl (C=O) groups excluding carboxylic acids is 1. The Labute approximate surface area is 159 Å². The molecular weight excluding hydrogens is 340 g/mol. The molecule has 142 valence electrons. The van der Waals surface area contributed by atoms with Gasteiger partial charge >= 0.3 is 6.09 Å². The molecule has 1 saturated heterocycles. The van der Waals surface area contributed by atoms with E-state index in [0.29, 0.717) is 13.1 Å². The molecule has 0 unspecified atom stereocenters. The first-order chi connectivity index (χ1) is 12.0. The van der Waals surface area contributed by atoms with Gasteiger partial charge in [-0.3, -0.25) is 4.90 Å². The second kappa shape index (κ2) is 8.28. The number of benzene rings is 1. The molecule has 0 atom stereocenters. The van der Waals surface area contributed by atoms with E-state index in [-0.39, 0.29) is 6.09 Å². The fourth-order valence-electron chi connectivity index (χ4n) is 2.69. The van der Waals surface area contributed by atoms with Crippen LogP contribution in [0.2, 0.25) is 19.6 Å². The summed E-state index contributed by atoms with van der Waals surface area (Å²) in [5.41, 5.74) is 5.41. The maximum atomic E-state index is 12.2. The maximum Gasteiger partial charge on any atom is 0.410 e. The van der Waals surface area contributed by atoms with Crippen LogP contribution < -0.4 is 0 Å². The van der Waals surface area contributed by atoms with E-state index in [1.165, 1.54) is 5.56 Å². The largest absolute Gasteiger partial charge is 0.444 e. The minimum atomic E-state index is -1.39. The van der Waals surface area contributed by atoms with Crippen LogP contribution in [0.4, 0.5) is 4.79 Å². The molecule has 1 aliphatic rings. The van der Waals surface area contributed by atoms with E-state index in [9.17, 15) is 4.79 Å². The van der Waals surface area contributed by atoms with Crippen LogP contribution in [-0.4, -0.2) is 55.7 Å². The zero-order chi connectivity index (χ0) is 19.4. The van der Waals surface area contributed by atoms with Crippen molar-refractivity contribution < 1.29 is 9.53 Å². The molecule has 1 amide bonds. The second-order valence-corrected chi connectivity index (χ2v) is 13.7. The highest BCUT2D eigenvalue weighted by atomic mass is 28.3. The topological polar surface area (TPSA) is 32.8 Å². The van der Waals surface area contributed by atoms with E-state index in [1.54, 1.807) is 4.90 Å². The van der Waals surface area contributed by atoms with Crippen molar-refractivity contribution in [1.82, 2.24) is 9.80 Å². The van der Waals surface area contributed by atoms with Crippen molar-refractivity contribution in [3.8, 4) is 11.5 Å². The molecule has 0 N–H and O–H groups in total. The minimum Gasteiger partial charge on any atom is -0.444 e. The molecule has 0 aromatic heterocycles. The van der Waals surface area contributed by atoms with Crippen LogP contribution in [0.15, 0.2) is 24.3 Å². The molecule has 1 aliphatic heterocycles. The first-order valence-electron chi connectivity index (χ1n) is 9.35. The van der Waals surface area contributed by atoms with Gasteiger partial charge in [-0.2, -0.15) is 0 Å². The molecule has 1 aromatic rings. The van der Waals surface area contributed by atoms with Crippen LogP contribution in [-0.2, 0) is 11.3 Å². The Kier molecular flexibility index (Phi) is 6.54. The first-order valence-corrected chi connectivity index (χ1v) is 12.8. The molecule has 2 rings (SSSR count). The monoisotopic (exact) mass is 372 g/mol. The molecule has 1 heterocycles. The third kappa shape index (κ3) is 6.85. The Hall–Kier alpha value is -1.77. The second-order valence-electron chi connectivity index (χ2n) is 8.90. The van der Waals surface area contributed by atoms with Crippen molar-refractivity contribution in [3.05, 3.63) is 35.4 Å². The van der Waals surface area contributed by atoms with Crippen LogP contribution in [0, 0.1) is 11.5 Å². The molecule has 1 aromatic carbocycles. The van der Waals surface area contributed by atoms with Crippen LogP contribution in [0.1, 0.15) is 31.9 Å². The van der Waals surface area contributed by atoms with Gasteiger partial charge in [0.2, 0.25) is 0 Å². The van der Waals surface area contributed by atoms with Crippen molar-refractivity contribution >= 4 is 14.2 Å². The summed E-state index contributed by atoms with van der Waals surface area (Å²) < 4.78 is 5.47. The van der Waals surface area contributed by atoms with Gasteiger partial charge < -0.3 is 9.64 Å². The highest BCUT2D eigenvalue weighted by Crippen LogP contribution is 2.15. The fourth-order valence-corrected chi connectivity index (χ4v) is 3.20. The number of hydrogen-bond donors (Lipinski definition) is 0. The van der Waals surface area contributed by atoms with Gasteiger partial charge in [-0.25, -0.2) is 4.79 Å². The van der Waals surface area contributed by atoms with Gasteiger partial charge in [-0.15, -0.1) is 5.54 Å². The van der Waals surface area contributed by atoms with E-state index in [4.69, 9.17) is 4.74 Å². The molecule has 0 radical (unpaired) electrons. The summed E-state index contributed by atoms with van der Waals surface area (Å²) in [6.07, 6.45) is -0.210. The van der Waals surface area contributed by atoms with Gasteiger partial charge in [0.15, 0.2) is 0 Å². The van der Waals surface area contributed by atoms with Gasteiger partial charge in [0.25, 0.3) is 0 Å². The first kappa shape index (κ1) is 20.5. The molecular formula is C21H32N2O2Si. The number of rotatable bonds is 2. The Bertz CT molecular complexity index is 684. The number of amides is 1. The minimum absolute atomic E-state index is 0.210. The van der Waals surface area contributed by atoms with Crippen molar-refractivity contribution in [3.63, 3.8) is 0 Å². The fraction of sp³-hybridized carbons (Fsp3) is 0.571. The Morgan fingerprint density at radius 3 is 2.31 bits per heavy atom. The number of hydrogen-bond acceptors (Lipinski definition) is 3. The number of piperazine rings is 1. The average Bonchev–Trinajstić information content (AvgIpc) is 2.52. The number of ether oxygens (including phenoxy) is 1. The Morgan fingerprint density at radius 1 is 1.12 bits per heavy atom. The zero-order valence-electron chi connectivity index (χ0n) is 17.1. The summed E-state index contributed by atoms with van der Waals surface area (Å²) in [6, 6.07) is 8.40. The van der Waals surface area contributed by atoms with E-state index in [0.717, 1.165) is 25.2 Å². The van der Waals surface area contributed by atoms with Gasteiger partial charge in [0.1, 0.15) is 13.7 Å². The summed E-state index contributed by atoms with van der Waals surface area (Å²) in [7, 11) is -1.39. The summed E-state index contributed by atoms with van der Waals surface area (Å²) in [5.74, 6) is 3.40. The summed E-state index contributed by atoms with van der Waals surface area (Å²) in [4.78, 5) is 16.4. The highest BCUT2D eigenvalue weighted by molar-refractivity contribution is 6.83. The lowest BCUT2D eigenvalue weighted by Crippen LogP contribution is -2.49. The Balaban J connectivity index is 1.96. The maximum absolute atomic E-state index is 12.2. The molecule has 0 spiro atoms. The molecule has 0 aliphatic carbocycles. The molecule has 0 saturated carbocycles. The third-order valence-corrected chi connectivity index (χ3v) is 4.88. The van der Waals surface area contributed by atoms with E-state index >= 15 is 0 Å². The van der Waals surface area contributed by atoms with E-state index in [1.807, 2.05) is 20.8 Å². The van der Waals surface area contributed by atoms with Crippen LogP contribution in [0.5, 0.6) is 0 Å². The number of carbonyl (C=O) groups is 1. The Morgan fingerprint density at radius 2 is 1.73 bits per heavy atom. The smallest absolute Gasteiger partial charge is 0.410 e. The lowest BCUT2D eigenvalue weighted by Gasteiger charge is -2.35. The van der Waals surface area contributed by atoms with Crippen molar-refractivity contribution in [1.29, 1.82) is 0 Å².